The summed E-state index contributed by atoms with van der Waals surface area (Å²) in [5.74, 6) is 0.643. The van der Waals surface area contributed by atoms with Crippen molar-refractivity contribution in [3.8, 4) is 0 Å². The van der Waals surface area contributed by atoms with Crippen LogP contribution in [0.15, 0.2) is 4.52 Å². The summed E-state index contributed by atoms with van der Waals surface area (Å²) in [6, 6.07) is 0. The number of aryl methyl sites for hydroxylation is 1. The van der Waals surface area contributed by atoms with Gasteiger partial charge in [0.25, 0.3) is 0 Å². The van der Waals surface area contributed by atoms with Crippen molar-refractivity contribution in [1.82, 2.24) is 5.16 Å². The Balaban J connectivity index is 2.54. The van der Waals surface area contributed by atoms with Crippen molar-refractivity contribution >= 4 is 5.78 Å². The number of nitrogens with zero attached hydrogens (tertiary/aromatic N) is 1. The maximum Gasteiger partial charge on any atom is 0.168 e. The highest BCUT2D eigenvalue weighted by atomic mass is 16.5. The Morgan fingerprint density at radius 3 is 3.09 bits per heavy atom. The van der Waals surface area contributed by atoms with Crippen LogP contribution >= 0.6 is 0 Å². The third-order valence-electron chi connectivity index (χ3n) is 1.89. The predicted octanol–water partition coefficient (Wildman–Crippen LogP) is 0.262. The van der Waals surface area contributed by atoms with Crippen molar-refractivity contribution in [3.63, 3.8) is 0 Å². The molecule has 1 aromatic heterocycles. The number of Topliss-reactive ketones (excluding diaryl/α,β-unsaturated/α-hetero) is 1. The summed E-state index contributed by atoms with van der Waals surface area (Å²) in [6.45, 7) is 0.258. The molecule has 0 amide bonds. The molecular formula is C7H8N2O2. The number of carbonyl (C=O) groups excluding carboxylic acids is 1. The molecule has 0 aliphatic heterocycles. The SMILES string of the molecule is NCc1onc2c1C(=O)CC2. The van der Waals surface area contributed by atoms with Crippen LogP contribution in [-0.2, 0) is 13.0 Å². The molecule has 4 heteroatoms. The molecule has 0 spiro atoms. The van der Waals surface area contributed by atoms with Gasteiger partial charge in [0.1, 0.15) is 0 Å². The zero-order chi connectivity index (χ0) is 7.84. The third kappa shape index (κ3) is 0.793. The smallest absolute Gasteiger partial charge is 0.168 e. The van der Waals surface area contributed by atoms with E-state index in [2.05, 4.69) is 5.16 Å². The topological polar surface area (TPSA) is 69.1 Å². The molecule has 0 fully saturated rings. The van der Waals surface area contributed by atoms with Gasteiger partial charge in [0, 0.05) is 12.8 Å². The molecule has 1 aliphatic rings. The summed E-state index contributed by atoms with van der Waals surface area (Å²) >= 11 is 0. The molecule has 4 nitrogen and oxygen atoms in total. The van der Waals surface area contributed by atoms with Gasteiger partial charge in [0.15, 0.2) is 11.5 Å². The number of ketones is 1. The van der Waals surface area contributed by atoms with Crippen LogP contribution in [0.3, 0.4) is 0 Å². The molecule has 2 rings (SSSR count). The minimum atomic E-state index is 0.113. The number of hydrogen-bond acceptors (Lipinski definition) is 4. The average Bonchev–Trinajstić information content (AvgIpc) is 2.54. The van der Waals surface area contributed by atoms with Gasteiger partial charge < -0.3 is 10.3 Å². The van der Waals surface area contributed by atoms with E-state index in [1.807, 2.05) is 0 Å². The van der Waals surface area contributed by atoms with E-state index in [0.29, 0.717) is 24.2 Å². The molecular weight excluding hydrogens is 144 g/mol. The van der Waals surface area contributed by atoms with Crippen LogP contribution < -0.4 is 5.73 Å². The van der Waals surface area contributed by atoms with E-state index < -0.39 is 0 Å². The van der Waals surface area contributed by atoms with Crippen LogP contribution in [0.1, 0.15) is 28.2 Å². The van der Waals surface area contributed by atoms with Crippen LogP contribution in [0.25, 0.3) is 0 Å². The number of nitrogens with two attached hydrogens (primary N) is 1. The van der Waals surface area contributed by atoms with E-state index in [1.54, 1.807) is 0 Å². The van der Waals surface area contributed by atoms with Crippen molar-refractivity contribution in [2.45, 2.75) is 19.4 Å². The van der Waals surface area contributed by atoms with Crippen LogP contribution in [0.4, 0.5) is 0 Å². The van der Waals surface area contributed by atoms with E-state index in [9.17, 15) is 4.79 Å². The normalized spacial score (nSPS) is 15.5. The molecule has 0 atom stereocenters. The molecule has 0 unspecified atom stereocenters. The maximum atomic E-state index is 11.2. The van der Waals surface area contributed by atoms with Gasteiger partial charge in [-0.2, -0.15) is 0 Å². The number of rotatable bonds is 1. The second-order valence-corrected chi connectivity index (χ2v) is 2.55. The first kappa shape index (κ1) is 6.54. The molecule has 0 aromatic carbocycles. The number of hydrogen-bond donors (Lipinski definition) is 1. The third-order valence-corrected chi connectivity index (χ3v) is 1.89. The second-order valence-electron chi connectivity index (χ2n) is 2.55. The second kappa shape index (κ2) is 2.17. The van der Waals surface area contributed by atoms with Crippen molar-refractivity contribution in [1.29, 1.82) is 0 Å². The highest BCUT2D eigenvalue weighted by molar-refractivity contribution is 6.00. The lowest BCUT2D eigenvalue weighted by atomic mass is 10.2. The fourth-order valence-corrected chi connectivity index (χ4v) is 1.35. The van der Waals surface area contributed by atoms with Gasteiger partial charge in [-0.1, -0.05) is 5.16 Å². The fourth-order valence-electron chi connectivity index (χ4n) is 1.35. The van der Waals surface area contributed by atoms with Gasteiger partial charge in [-0.15, -0.1) is 0 Å². The standard InChI is InChI=1S/C7H8N2O2/c8-3-6-7-4(9-11-6)1-2-5(7)10/h1-3,8H2. The highest BCUT2D eigenvalue weighted by Crippen LogP contribution is 2.23. The number of fused-ring (bicyclic) bond motifs is 1. The molecule has 11 heavy (non-hydrogen) atoms. The van der Waals surface area contributed by atoms with Crippen molar-refractivity contribution in [3.05, 3.63) is 17.0 Å². The van der Waals surface area contributed by atoms with Gasteiger partial charge in [0.05, 0.1) is 17.8 Å². The Bertz CT molecular complexity index is 303. The summed E-state index contributed by atoms with van der Waals surface area (Å²) < 4.78 is 4.86. The Morgan fingerprint density at radius 2 is 2.36 bits per heavy atom. The quantitative estimate of drug-likeness (QED) is 0.626. The van der Waals surface area contributed by atoms with Gasteiger partial charge in [-0.3, -0.25) is 4.79 Å². The molecule has 1 heterocycles. The lowest BCUT2D eigenvalue weighted by Crippen LogP contribution is -2.01. The lowest BCUT2D eigenvalue weighted by molar-refractivity contribution is 0.0991. The molecule has 0 bridgehead atoms. The van der Waals surface area contributed by atoms with E-state index in [4.69, 9.17) is 10.3 Å². The summed E-state index contributed by atoms with van der Waals surface area (Å²) in [5.41, 5.74) is 6.75. The first-order valence-corrected chi connectivity index (χ1v) is 3.53. The van der Waals surface area contributed by atoms with Gasteiger partial charge in [-0.05, 0) is 0 Å². The summed E-state index contributed by atoms with van der Waals surface area (Å²) in [5, 5.41) is 3.74. The zero-order valence-electron chi connectivity index (χ0n) is 5.96. The molecule has 1 aromatic rings. The predicted molar refractivity (Wildman–Crippen MR) is 37.0 cm³/mol. The summed E-state index contributed by atoms with van der Waals surface area (Å²) in [4.78, 5) is 11.2. The van der Waals surface area contributed by atoms with E-state index in [-0.39, 0.29) is 12.3 Å². The molecule has 2 N–H and O–H groups in total. The first-order valence-electron chi connectivity index (χ1n) is 3.53. The van der Waals surface area contributed by atoms with Crippen LogP contribution in [-0.4, -0.2) is 10.9 Å². The van der Waals surface area contributed by atoms with Crippen LogP contribution in [0.5, 0.6) is 0 Å². The maximum absolute atomic E-state index is 11.2. The summed E-state index contributed by atoms with van der Waals surface area (Å²) in [7, 11) is 0. The first-order chi connectivity index (χ1) is 5.33. The van der Waals surface area contributed by atoms with Gasteiger partial charge in [-0.25, -0.2) is 0 Å². The monoisotopic (exact) mass is 152 g/mol. The molecule has 1 aliphatic carbocycles. The minimum Gasteiger partial charge on any atom is -0.359 e. The van der Waals surface area contributed by atoms with Crippen LogP contribution in [0.2, 0.25) is 0 Å². The van der Waals surface area contributed by atoms with Gasteiger partial charge in [0.2, 0.25) is 0 Å². The van der Waals surface area contributed by atoms with E-state index >= 15 is 0 Å². The Labute approximate surface area is 63.4 Å². The van der Waals surface area contributed by atoms with Crippen molar-refractivity contribution in [2.75, 3.05) is 0 Å². The van der Waals surface area contributed by atoms with E-state index in [1.165, 1.54) is 0 Å². The molecule has 0 saturated heterocycles. The Kier molecular flexibility index (Phi) is 1.29. The average molecular weight is 152 g/mol. The van der Waals surface area contributed by atoms with Gasteiger partial charge >= 0.3 is 0 Å². The zero-order valence-corrected chi connectivity index (χ0v) is 5.96. The largest absolute Gasteiger partial charge is 0.359 e. The molecule has 0 radical (unpaired) electrons. The Morgan fingerprint density at radius 1 is 1.55 bits per heavy atom. The minimum absolute atomic E-state index is 0.113. The molecule has 58 valence electrons. The lowest BCUT2D eigenvalue weighted by Gasteiger charge is -1.88. The fraction of sp³-hybridized carbons (Fsp3) is 0.429. The highest BCUT2D eigenvalue weighted by Gasteiger charge is 2.27. The molecule has 0 saturated carbocycles. The van der Waals surface area contributed by atoms with Crippen molar-refractivity contribution in [2.24, 2.45) is 5.73 Å². The Hall–Kier alpha value is -1.16. The van der Waals surface area contributed by atoms with Crippen molar-refractivity contribution < 1.29 is 9.32 Å². The number of carbonyl (C=O) groups is 1. The number of aromatic nitrogens is 1. The van der Waals surface area contributed by atoms with Crippen LogP contribution in [0, 0.1) is 0 Å². The summed E-state index contributed by atoms with van der Waals surface area (Å²) in [6.07, 6.45) is 1.26. The van der Waals surface area contributed by atoms with E-state index in [0.717, 1.165) is 5.69 Å².